The number of rotatable bonds is 0. The number of benzene rings is 7. The van der Waals surface area contributed by atoms with E-state index in [0.717, 1.165) is 10.8 Å². The summed E-state index contributed by atoms with van der Waals surface area (Å²) < 4.78 is 0. The maximum atomic E-state index is 6.67. The molecule has 1 aliphatic carbocycles. The van der Waals surface area contributed by atoms with Gasteiger partial charge in [-0.15, -0.1) is 0 Å². The number of hydrogen-bond donors (Lipinski definition) is 0. The zero-order valence-corrected chi connectivity index (χ0v) is 22.0. The Kier molecular flexibility index (Phi) is 4.22. The fourth-order valence-electron chi connectivity index (χ4n) is 6.85. The van der Waals surface area contributed by atoms with Crippen LogP contribution in [-0.4, -0.2) is 0 Å². The summed E-state index contributed by atoms with van der Waals surface area (Å²) in [6.07, 6.45) is 0. The van der Waals surface area contributed by atoms with E-state index in [1.807, 2.05) is 0 Å². The molecule has 7 aromatic carbocycles. The van der Waals surface area contributed by atoms with Gasteiger partial charge in [-0.1, -0.05) is 110 Å². The van der Waals surface area contributed by atoms with E-state index in [-0.39, 0.29) is 5.41 Å². The summed E-state index contributed by atoms with van der Waals surface area (Å²) in [5, 5.41) is 13.5. The van der Waals surface area contributed by atoms with Gasteiger partial charge in [0.2, 0.25) is 0 Å². The maximum absolute atomic E-state index is 6.67. The summed E-state index contributed by atoms with van der Waals surface area (Å²) in [5.74, 6) is 0. The first-order valence-electron chi connectivity index (χ1n) is 12.7. The Balaban J connectivity index is 1.73. The summed E-state index contributed by atoms with van der Waals surface area (Å²) in [7, 11) is 0. The zero-order chi connectivity index (χ0) is 25.1. The van der Waals surface area contributed by atoms with E-state index in [1.54, 1.807) is 0 Å². The summed E-state index contributed by atoms with van der Waals surface area (Å²) in [6.45, 7) is 4.69. The number of hydrogen-bond acceptors (Lipinski definition) is 0. The molecular weight excluding hydrogens is 491 g/mol. The lowest BCUT2D eigenvalue weighted by Crippen LogP contribution is -2.14. The molecule has 0 bridgehead atoms. The third-order valence-electron chi connectivity index (χ3n) is 8.54. The van der Waals surface area contributed by atoms with Crippen LogP contribution in [-0.2, 0) is 5.41 Å². The smallest absolute Gasteiger partial charge is 0.0598 e. The molecule has 8 rings (SSSR count). The van der Waals surface area contributed by atoms with Crippen LogP contribution in [0.15, 0.2) is 97.1 Å². The Morgan fingerprint density at radius 2 is 0.919 bits per heavy atom. The van der Waals surface area contributed by atoms with Gasteiger partial charge in [0.1, 0.15) is 0 Å². The number of halogens is 2. The largest absolute Gasteiger partial charge is 0.0827 e. The Morgan fingerprint density at radius 3 is 1.57 bits per heavy atom. The average molecular weight is 513 g/mol. The number of fused-ring (bicyclic) bond motifs is 14. The van der Waals surface area contributed by atoms with Gasteiger partial charge in [0.05, 0.1) is 10.0 Å². The van der Waals surface area contributed by atoms with Gasteiger partial charge in [0, 0.05) is 5.41 Å². The summed E-state index contributed by atoms with van der Waals surface area (Å²) in [4.78, 5) is 0. The first kappa shape index (κ1) is 21.5. The highest BCUT2D eigenvalue weighted by Crippen LogP contribution is 2.53. The fraction of sp³-hybridized carbons (Fsp3) is 0.0857. The Bertz CT molecular complexity index is 2130. The SMILES string of the molecule is CC1(C)c2ccccc2-c2cc3c4cc(Cl)c(Cl)cc4c4c5ccccc5c5ccccc5c4c3cc21. The summed E-state index contributed by atoms with van der Waals surface area (Å²) in [6, 6.07) is 35.3. The molecule has 0 radical (unpaired) electrons. The van der Waals surface area contributed by atoms with Gasteiger partial charge in [0.15, 0.2) is 0 Å². The van der Waals surface area contributed by atoms with Gasteiger partial charge >= 0.3 is 0 Å². The molecule has 0 spiro atoms. The van der Waals surface area contributed by atoms with Crippen LogP contribution in [0.25, 0.3) is 65.0 Å². The third-order valence-corrected chi connectivity index (χ3v) is 9.27. The molecule has 0 saturated carbocycles. The van der Waals surface area contributed by atoms with Crippen LogP contribution in [0.1, 0.15) is 25.0 Å². The van der Waals surface area contributed by atoms with E-state index in [9.17, 15) is 0 Å². The molecule has 0 atom stereocenters. The highest BCUT2D eigenvalue weighted by atomic mass is 35.5. The first-order chi connectivity index (χ1) is 17.9. The predicted molar refractivity (Wildman–Crippen MR) is 162 cm³/mol. The van der Waals surface area contributed by atoms with Crippen molar-refractivity contribution in [2.45, 2.75) is 19.3 Å². The minimum Gasteiger partial charge on any atom is -0.0827 e. The van der Waals surface area contributed by atoms with E-state index in [4.69, 9.17) is 23.2 Å². The van der Waals surface area contributed by atoms with Gasteiger partial charge in [0.25, 0.3) is 0 Å². The van der Waals surface area contributed by atoms with Gasteiger partial charge in [-0.2, -0.15) is 0 Å². The maximum Gasteiger partial charge on any atom is 0.0598 e. The quantitative estimate of drug-likeness (QED) is 0.177. The highest BCUT2D eigenvalue weighted by molar-refractivity contribution is 6.45. The minimum absolute atomic E-state index is 0.0777. The van der Waals surface area contributed by atoms with Crippen LogP contribution in [0.5, 0.6) is 0 Å². The van der Waals surface area contributed by atoms with Crippen LogP contribution in [0, 0.1) is 0 Å². The lowest BCUT2D eigenvalue weighted by atomic mass is 9.80. The van der Waals surface area contributed by atoms with E-state index in [1.165, 1.54) is 65.3 Å². The van der Waals surface area contributed by atoms with Crippen molar-refractivity contribution in [3.63, 3.8) is 0 Å². The fourth-order valence-corrected chi connectivity index (χ4v) is 7.18. The van der Waals surface area contributed by atoms with Crippen molar-refractivity contribution in [2.75, 3.05) is 0 Å². The predicted octanol–water partition coefficient (Wildman–Crippen LogP) is 11.1. The Labute approximate surface area is 225 Å². The van der Waals surface area contributed by atoms with E-state index < -0.39 is 0 Å². The second kappa shape index (κ2) is 7.25. The van der Waals surface area contributed by atoms with Crippen LogP contribution in [0.3, 0.4) is 0 Å². The zero-order valence-electron chi connectivity index (χ0n) is 20.5. The molecule has 0 amide bonds. The molecule has 176 valence electrons. The van der Waals surface area contributed by atoms with Crippen LogP contribution in [0.4, 0.5) is 0 Å². The molecule has 37 heavy (non-hydrogen) atoms. The van der Waals surface area contributed by atoms with Crippen molar-refractivity contribution >= 4 is 77.1 Å². The summed E-state index contributed by atoms with van der Waals surface area (Å²) in [5.41, 5.74) is 5.31. The minimum atomic E-state index is -0.0777. The molecule has 7 aromatic rings. The van der Waals surface area contributed by atoms with Crippen molar-refractivity contribution in [1.29, 1.82) is 0 Å². The monoisotopic (exact) mass is 512 g/mol. The van der Waals surface area contributed by atoms with Gasteiger partial charge in [-0.05, 0) is 100 Å². The standard InChI is InChI=1S/C35H22Cl2/c1-35(2)29-14-8-7-11-21(29)26-15-24-25-17-31(36)32(37)18-28(25)34-23-13-6-4-10-20(23)19-9-3-5-12-22(19)33(34)27(24)16-30(26)35/h3-18H,1-2H3. The van der Waals surface area contributed by atoms with Crippen molar-refractivity contribution in [3.8, 4) is 11.1 Å². The molecule has 2 heteroatoms. The van der Waals surface area contributed by atoms with E-state index in [2.05, 4.69) is 111 Å². The normalized spacial score (nSPS) is 14.2. The molecule has 0 saturated heterocycles. The van der Waals surface area contributed by atoms with E-state index >= 15 is 0 Å². The van der Waals surface area contributed by atoms with Crippen LogP contribution in [0.2, 0.25) is 10.0 Å². The lowest BCUT2D eigenvalue weighted by molar-refractivity contribution is 0.661. The second-order valence-corrected chi connectivity index (χ2v) is 11.6. The van der Waals surface area contributed by atoms with Crippen LogP contribution >= 0.6 is 23.2 Å². The van der Waals surface area contributed by atoms with Crippen molar-refractivity contribution in [2.24, 2.45) is 0 Å². The molecule has 0 N–H and O–H groups in total. The molecule has 0 aromatic heterocycles. The Morgan fingerprint density at radius 1 is 0.432 bits per heavy atom. The topological polar surface area (TPSA) is 0 Å². The van der Waals surface area contributed by atoms with E-state index in [0.29, 0.717) is 10.0 Å². The van der Waals surface area contributed by atoms with Crippen molar-refractivity contribution in [3.05, 3.63) is 118 Å². The Hall–Kier alpha value is -3.58. The molecule has 0 heterocycles. The molecular formula is C35H22Cl2. The van der Waals surface area contributed by atoms with Crippen LogP contribution < -0.4 is 0 Å². The lowest BCUT2D eigenvalue weighted by Gasteiger charge is -2.23. The van der Waals surface area contributed by atoms with Gasteiger partial charge < -0.3 is 0 Å². The third kappa shape index (κ3) is 2.70. The van der Waals surface area contributed by atoms with Gasteiger partial charge in [-0.25, -0.2) is 0 Å². The van der Waals surface area contributed by atoms with Crippen molar-refractivity contribution in [1.82, 2.24) is 0 Å². The first-order valence-corrected chi connectivity index (χ1v) is 13.4. The van der Waals surface area contributed by atoms with Gasteiger partial charge in [-0.3, -0.25) is 0 Å². The second-order valence-electron chi connectivity index (χ2n) is 10.8. The highest BCUT2D eigenvalue weighted by Gasteiger charge is 2.35. The average Bonchev–Trinajstić information content (AvgIpc) is 3.14. The molecule has 1 aliphatic rings. The molecule has 0 nitrogen and oxygen atoms in total. The molecule has 0 unspecified atom stereocenters. The summed E-state index contributed by atoms with van der Waals surface area (Å²) >= 11 is 13.3. The molecule has 0 aliphatic heterocycles. The van der Waals surface area contributed by atoms with Crippen molar-refractivity contribution < 1.29 is 0 Å². The molecule has 0 fully saturated rings.